The van der Waals surface area contributed by atoms with Crippen molar-refractivity contribution in [2.75, 3.05) is 0 Å². The van der Waals surface area contributed by atoms with E-state index in [0.717, 1.165) is 10.2 Å². The predicted molar refractivity (Wildman–Crippen MR) is 44.2 cm³/mol. The van der Waals surface area contributed by atoms with E-state index in [1.165, 1.54) is 16.3 Å². The van der Waals surface area contributed by atoms with Gasteiger partial charge in [-0.3, -0.25) is 6.08 Å². The molecule has 1 rings (SSSR count). The summed E-state index contributed by atoms with van der Waals surface area (Å²) in [7, 11) is 1.16. The first-order valence-corrected chi connectivity index (χ1v) is 4.40. The van der Waals surface area contributed by atoms with E-state index in [4.69, 9.17) is 0 Å². The second-order valence-electron chi connectivity index (χ2n) is 2.80. The smallest absolute Gasteiger partial charge is 0 e. The topological polar surface area (TPSA) is 0 Å². The van der Waals surface area contributed by atoms with E-state index in [9.17, 15) is 0 Å². The zero-order valence-electron chi connectivity index (χ0n) is 7.08. The maximum Gasteiger partial charge on any atom is 0 e. The van der Waals surface area contributed by atoms with Gasteiger partial charge >= 0.3 is 0 Å². The Morgan fingerprint density at radius 1 is 1.40 bits per heavy atom. The molecule has 0 heterocycles. The summed E-state index contributed by atoms with van der Waals surface area (Å²) in [5, 5.41) is 1.47. The van der Waals surface area contributed by atoms with Gasteiger partial charge < -0.3 is 0 Å². The molecular weight excluding hydrogens is 215 g/mol. The molecule has 0 radical (unpaired) electrons. The summed E-state index contributed by atoms with van der Waals surface area (Å²) < 4.78 is 0. The Hall–Kier alpha value is 0.580. The molecule has 0 fully saturated rings. The summed E-state index contributed by atoms with van der Waals surface area (Å²) in [6.45, 7) is 6.62. The summed E-state index contributed by atoms with van der Waals surface area (Å²) in [6.07, 6.45) is 3.42. The van der Waals surface area contributed by atoms with Gasteiger partial charge in [0, 0.05) is 26.2 Å². The van der Waals surface area contributed by atoms with Crippen LogP contribution < -0.4 is 0 Å². The normalized spacial score (nSPS) is 24.7. The molecule has 0 bridgehead atoms. The molecule has 1 atom stereocenters. The largest absolute Gasteiger partial charge is 0.271 e. The van der Waals surface area contributed by atoms with Crippen LogP contribution in [0.15, 0.2) is 16.3 Å². The van der Waals surface area contributed by atoms with E-state index >= 15 is 0 Å². The maximum absolute atomic E-state index is 3.42. The van der Waals surface area contributed by atoms with Gasteiger partial charge in [-0.05, 0) is 10.2 Å². The van der Waals surface area contributed by atoms with Crippen LogP contribution >= 0.6 is 0 Å². The van der Waals surface area contributed by atoms with Crippen molar-refractivity contribution in [3.63, 3.8) is 0 Å². The van der Waals surface area contributed by atoms with Crippen LogP contribution in [0, 0.1) is 12.0 Å². The van der Waals surface area contributed by atoms with Crippen LogP contribution in [0.4, 0.5) is 0 Å². The minimum Gasteiger partial charge on any atom is -0.271 e. The van der Waals surface area contributed by atoms with E-state index in [1.54, 1.807) is 0 Å². The molecule has 0 aromatic rings. The third-order valence-electron chi connectivity index (χ3n) is 2.24. The molecule has 0 saturated carbocycles. The molecular formula is C8H13SiZr-. The van der Waals surface area contributed by atoms with Crippen molar-refractivity contribution in [1.29, 1.82) is 0 Å². The zero-order valence-corrected chi connectivity index (χ0v) is 11.5. The quantitative estimate of drug-likeness (QED) is 0.429. The standard InChI is InChI=1S/C8H13Si.Zr/c1-5-4-8(9)7(3)6(5)2;/h5H,1-3,9H3;/q-1;. The Labute approximate surface area is 85.3 Å². The van der Waals surface area contributed by atoms with E-state index in [1.807, 2.05) is 0 Å². The van der Waals surface area contributed by atoms with Crippen molar-refractivity contribution in [3.8, 4) is 0 Å². The van der Waals surface area contributed by atoms with Crippen LogP contribution in [-0.2, 0) is 26.2 Å². The van der Waals surface area contributed by atoms with Crippen molar-refractivity contribution in [1.82, 2.24) is 0 Å². The van der Waals surface area contributed by atoms with Crippen molar-refractivity contribution in [2.24, 2.45) is 5.92 Å². The molecule has 10 heavy (non-hydrogen) atoms. The molecule has 0 aromatic heterocycles. The number of hydrogen-bond acceptors (Lipinski definition) is 0. The molecule has 1 aliphatic rings. The maximum atomic E-state index is 3.42. The van der Waals surface area contributed by atoms with Crippen molar-refractivity contribution in [2.45, 2.75) is 20.8 Å². The molecule has 1 aliphatic carbocycles. The first-order valence-electron chi connectivity index (χ1n) is 3.40. The van der Waals surface area contributed by atoms with Crippen LogP contribution in [0.25, 0.3) is 0 Å². The monoisotopic (exact) mass is 227 g/mol. The molecule has 0 amide bonds. The van der Waals surface area contributed by atoms with Crippen molar-refractivity contribution < 1.29 is 26.2 Å². The summed E-state index contributed by atoms with van der Waals surface area (Å²) >= 11 is 0. The van der Waals surface area contributed by atoms with Crippen molar-refractivity contribution >= 4 is 10.2 Å². The van der Waals surface area contributed by atoms with E-state index in [0.29, 0.717) is 5.92 Å². The predicted octanol–water partition coefficient (Wildman–Crippen LogP) is 1.02. The minimum absolute atomic E-state index is 0. The average molecular weight is 229 g/mol. The van der Waals surface area contributed by atoms with Crippen LogP contribution in [0.5, 0.6) is 0 Å². The number of rotatable bonds is 0. The fourth-order valence-corrected chi connectivity index (χ4v) is 1.99. The van der Waals surface area contributed by atoms with Gasteiger partial charge in [0.15, 0.2) is 0 Å². The third-order valence-corrected chi connectivity index (χ3v) is 3.28. The molecule has 0 aromatic carbocycles. The van der Waals surface area contributed by atoms with E-state index in [-0.39, 0.29) is 26.2 Å². The van der Waals surface area contributed by atoms with Gasteiger partial charge in [-0.15, -0.1) is 6.92 Å². The summed E-state index contributed by atoms with van der Waals surface area (Å²) in [4.78, 5) is 0. The molecule has 54 valence electrons. The Morgan fingerprint density at radius 3 is 2.00 bits per heavy atom. The summed E-state index contributed by atoms with van der Waals surface area (Å²) in [5.74, 6) is 0.595. The fourth-order valence-electron chi connectivity index (χ4n) is 1.16. The van der Waals surface area contributed by atoms with Gasteiger partial charge in [-0.25, -0.2) is 10.8 Å². The van der Waals surface area contributed by atoms with Crippen molar-refractivity contribution in [3.05, 3.63) is 22.4 Å². The first-order chi connectivity index (χ1) is 4.13. The molecule has 0 nitrogen and oxygen atoms in total. The van der Waals surface area contributed by atoms with Gasteiger partial charge in [0.25, 0.3) is 0 Å². The molecule has 1 unspecified atom stereocenters. The van der Waals surface area contributed by atoms with Crippen LogP contribution in [-0.4, -0.2) is 10.2 Å². The molecule has 0 spiro atoms. The van der Waals surface area contributed by atoms with Gasteiger partial charge in [-0.2, -0.15) is 5.57 Å². The summed E-state index contributed by atoms with van der Waals surface area (Å²) in [5.41, 5.74) is 3.01. The third kappa shape index (κ3) is 1.79. The average Bonchev–Trinajstić information content (AvgIpc) is 1.98. The molecule has 0 N–H and O–H groups in total. The first kappa shape index (κ1) is 10.6. The Bertz CT molecular complexity index is 191. The van der Waals surface area contributed by atoms with Crippen LogP contribution in [0.3, 0.4) is 0 Å². The van der Waals surface area contributed by atoms with E-state index < -0.39 is 0 Å². The van der Waals surface area contributed by atoms with Gasteiger partial charge in [0.05, 0.1) is 0 Å². The minimum atomic E-state index is 0. The molecule has 0 aliphatic heterocycles. The Kier molecular flexibility index (Phi) is 4.05. The van der Waals surface area contributed by atoms with Crippen LogP contribution in [0.1, 0.15) is 20.8 Å². The summed E-state index contributed by atoms with van der Waals surface area (Å²) in [6, 6.07) is 0. The second-order valence-corrected chi connectivity index (χ2v) is 3.80. The Morgan fingerprint density at radius 2 is 1.90 bits per heavy atom. The number of allylic oxidation sites excluding steroid dienone is 4. The van der Waals surface area contributed by atoms with Gasteiger partial charge in [0.1, 0.15) is 0 Å². The van der Waals surface area contributed by atoms with E-state index in [2.05, 4.69) is 26.8 Å². The van der Waals surface area contributed by atoms with Gasteiger partial charge in [0.2, 0.25) is 0 Å². The number of hydrogen-bond donors (Lipinski definition) is 0. The fraction of sp³-hybridized carbons (Fsp3) is 0.500. The molecule has 0 saturated heterocycles. The van der Waals surface area contributed by atoms with Gasteiger partial charge in [-0.1, -0.05) is 19.8 Å². The Balaban J connectivity index is 0.000000810. The SMILES string of the molecule is CC1=C(C)C(C)[C-]=C1[SiH3].[Zr]. The zero-order chi connectivity index (χ0) is 7.02. The second kappa shape index (κ2) is 3.82. The molecule has 2 heteroatoms. The van der Waals surface area contributed by atoms with Crippen LogP contribution in [0.2, 0.25) is 0 Å².